The van der Waals surface area contributed by atoms with Crippen molar-refractivity contribution in [1.82, 2.24) is 4.98 Å². The summed E-state index contributed by atoms with van der Waals surface area (Å²) in [7, 11) is -2.88. The molecule has 18 heavy (non-hydrogen) atoms. The monoisotopic (exact) mass is 270 g/mol. The average molecular weight is 270 g/mol. The van der Waals surface area contributed by atoms with Gasteiger partial charge in [0.1, 0.15) is 0 Å². The Morgan fingerprint density at radius 1 is 1.33 bits per heavy atom. The maximum atomic E-state index is 11.5. The molecule has 6 heteroatoms. The van der Waals surface area contributed by atoms with E-state index in [0.29, 0.717) is 18.7 Å². The summed E-state index contributed by atoms with van der Waals surface area (Å²) in [6, 6.07) is 3.66. The van der Waals surface area contributed by atoms with E-state index in [2.05, 4.69) is 4.98 Å². The summed E-state index contributed by atoms with van der Waals surface area (Å²) >= 11 is 0. The lowest BCUT2D eigenvalue weighted by Crippen LogP contribution is -2.26. The SMILES string of the molecule is C[C@H](O)c1ccc(N2CCCS(=O)(=O)CC2)cn1. The fourth-order valence-corrected chi connectivity index (χ4v) is 3.30. The van der Waals surface area contributed by atoms with Gasteiger partial charge in [0.2, 0.25) is 0 Å². The van der Waals surface area contributed by atoms with Gasteiger partial charge in [0.05, 0.1) is 35.2 Å². The van der Waals surface area contributed by atoms with Crippen LogP contribution in [0.4, 0.5) is 5.69 Å². The Labute approximate surface area is 107 Å². The molecule has 2 rings (SSSR count). The number of aliphatic hydroxyl groups excluding tert-OH is 1. The van der Waals surface area contributed by atoms with Crippen LogP contribution >= 0.6 is 0 Å². The molecule has 5 nitrogen and oxygen atoms in total. The van der Waals surface area contributed by atoms with Crippen molar-refractivity contribution in [2.24, 2.45) is 0 Å². The Kier molecular flexibility index (Phi) is 3.87. The molecule has 1 N–H and O–H groups in total. The molecule has 0 saturated carbocycles. The molecule has 1 aromatic rings. The van der Waals surface area contributed by atoms with Gasteiger partial charge in [0.15, 0.2) is 9.84 Å². The van der Waals surface area contributed by atoms with E-state index in [1.54, 1.807) is 19.2 Å². The van der Waals surface area contributed by atoms with Crippen LogP contribution in [-0.4, -0.2) is 43.1 Å². The number of hydrogen-bond acceptors (Lipinski definition) is 5. The normalized spacial score (nSPS) is 21.3. The van der Waals surface area contributed by atoms with Crippen molar-refractivity contribution in [2.75, 3.05) is 29.5 Å². The molecule has 1 atom stereocenters. The minimum Gasteiger partial charge on any atom is -0.387 e. The number of pyridine rings is 1. The van der Waals surface area contributed by atoms with Crippen molar-refractivity contribution in [3.63, 3.8) is 0 Å². The molecule has 1 aromatic heterocycles. The summed E-state index contributed by atoms with van der Waals surface area (Å²) in [6.45, 7) is 2.91. The van der Waals surface area contributed by atoms with Crippen molar-refractivity contribution in [1.29, 1.82) is 0 Å². The van der Waals surface area contributed by atoms with E-state index in [0.717, 1.165) is 12.2 Å². The van der Waals surface area contributed by atoms with Gasteiger partial charge < -0.3 is 10.0 Å². The van der Waals surface area contributed by atoms with Gasteiger partial charge in [-0.2, -0.15) is 0 Å². The van der Waals surface area contributed by atoms with E-state index in [9.17, 15) is 13.5 Å². The molecular weight excluding hydrogens is 252 g/mol. The Bertz CT molecular complexity index is 497. The highest BCUT2D eigenvalue weighted by molar-refractivity contribution is 7.91. The lowest BCUT2D eigenvalue weighted by Gasteiger charge is -2.21. The molecule has 1 aliphatic heterocycles. The fourth-order valence-electron chi connectivity index (χ4n) is 2.03. The molecule has 1 aliphatic rings. The third kappa shape index (κ3) is 3.20. The van der Waals surface area contributed by atoms with Crippen LogP contribution in [0, 0.1) is 0 Å². The predicted molar refractivity (Wildman–Crippen MR) is 70.4 cm³/mol. The molecule has 0 bridgehead atoms. The summed E-state index contributed by atoms with van der Waals surface area (Å²) in [5.41, 5.74) is 1.54. The van der Waals surface area contributed by atoms with Crippen LogP contribution in [-0.2, 0) is 9.84 Å². The maximum Gasteiger partial charge on any atom is 0.152 e. The molecule has 1 saturated heterocycles. The quantitative estimate of drug-likeness (QED) is 0.859. The number of rotatable bonds is 2. The van der Waals surface area contributed by atoms with Crippen LogP contribution in [0.1, 0.15) is 25.1 Å². The van der Waals surface area contributed by atoms with Crippen LogP contribution in [0.5, 0.6) is 0 Å². The lowest BCUT2D eigenvalue weighted by atomic mass is 10.2. The second-order valence-electron chi connectivity index (χ2n) is 4.61. The molecule has 0 aromatic carbocycles. The highest BCUT2D eigenvalue weighted by atomic mass is 32.2. The van der Waals surface area contributed by atoms with Crippen molar-refractivity contribution in [3.05, 3.63) is 24.0 Å². The molecule has 100 valence electrons. The first-order valence-electron chi connectivity index (χ1n) is 6.07. The first kappa shape index (κ1) is 13.3. The Balaban J connectivity index is 2.12. The highest BCUT2D eigenvalue weighted by Gasteiger charge is 2.19. The molecule has 0 unspecified atom stereocenters. The van der Waals surface area contributed by atoms with Gasteiger partial charge in [0.25, 0.3) is 0 Å². The number of aliphatic hydroxyl groups is 1. The summed E-state index contributed by atoms with van der Waals surface area (Å²) in [5, 5.41) is 9.38. The minimum absolute atomic E-state index is 0.200. The van der Waals surface area contributed by atoms with Crippen molar-refractivity contribution in [3.8, 4) is 0 Å². The third-order valence-electron chi connectivity index (χ3n) is 3.12. The predicted octanol–water partition coefficient (Wildman–Crippen LogP) is 0.760. The standard InChI is InChI=1S/C12H18N2O3S/c1-10(15)12-4-3-11(9-13-12)14-5-2-7-18(16,17)8-6-14/h3-4,9-10,15H,2,5-8H2,1H3/t10-/m0/s1. The zero-order valence-electron chi connectivity index (χ0n) is 10.4. The molecule has 0 aliphatic carbocycles. The number of hydrogen-bond donors (Lipinski definition) is 1. The van der Waals surface area contributed by atoms with Gasteiger partial charge in [-0.25, -0.2) is 8.42 Å². The van der Waals surface area contributed by atoms with E-state index in [-0.39, 0.29) is 11.5 Å². The lowest BCUT2D eigenvalue weighted by molar-refractivity contribution is 0.194. The van der Waals surface area contributed by atoms with E-state index in [1.807, 2.05) is 11.0 Å². The summed E-state index contributed by atoms with van der Waals surface area (Å²) in [5.74, 6) is 0.466. The van der Waals surface area contributed by atoms with Crippen LogP contribution < -0.4 is 4.90 Å². The number of sulfone groups is 1. The first-order valence-corrected chi connectivity index (χ1v) is 7.89. The Morgan fingerprint density at radius 3 is 2.72 bits per heavy atom. The molecule has 0 radical (unpaired) electrons. The summed E-state index contributed by atoms with van der Waals surface area (Å²) in [4.78, 5) is 6.21. The Hall–Kier alpha value is -1.14. The topological polar surface area (TPSA) is 70.5 Å². The van der Waals surface area contributed by atoms with E-state index in [1.165, 1.54) is 0 Å². The molecular formula is C12H18N2O3S. The fraction of sp³-hybridized carbons (Fsp3) is 0.583. The van der Waals surface area contributed by atoms with Gasteiger partial charge in [-0.3, -0.25) is 4.98 Å². The smallest absolute Gasteiger partial charge is 0.152 e. The van der Waals surface area contributed by atoms with Gasteiger partial charge in [-0.1, -0.05) is 0 Å². The number of aromatic nitrogens is 1. The van der Waals surface area contributed by atoms with E-state index >= 15 is 0 Å². The van der Waals surface area contributed by atoms with E-state index in [4.69, 9.17) is 0 Å². The van der Waals surface area contributed by atoms with E-state index < -0.39 is 15.9 Å². The zero-order valence-corrected chi connectivity index (χ0v) is 11.2. The summed E-state index contributed by atoms with van der Waals surface area (Å²) < 4.78 is 23.0. The van der Waals surface area contributed by atoms with Gasteiger partial charge in [-0.15, -0.1) is 0 Å². The zero-order chi connectivity index (χ0) is 13.2. The molecule has 0 amide bonds. The van der Waals surface area contributed by atoms with Crippen molar-refractivity contribution >= 4 is 15.5 Å². The highest BCUT2D eigenvalue weighted by Crippen LogP contribution is 2.18. The first-order chi connectivity index (χ1) is 8.48. The third-order valence-corrected chi connectivity index (χ3v) is 4.83. The van der Waals surface area contributed by atoms with Crippen molar-refractivity contribution < 1.29 is 13.5 Å². The largest absolute Gasteiger partial charge is 0.387 e. The minimum atomic E-state index is -2.88. The molecule has 1 fully saturated rings. The summed E-state index contributed by atoms with van der Waals surface area (Å²) in [6.07, 6.45) is 1.77. The van der Waals surface area contributed by atoms with Gasteiger partial charge in [0, 0.05) is 13.1 Å². The van der Waals surface area contributed by atoms with Crippen molar-refractivity contribution in [2.45, 2.75) is 19.4 Å². The van der Waals surface area contributed by atoms with Crippen LogP contribution in [0.3, 0.4) is 0 Å². The number of anilines is 1. The second kappa shape index (κ2) is 5.24. The van der Waals surface area contributed by atoms with Crippen LogP contribution in [0.2, 0.25) is 0 Å². The average Bonchev–Trinajstić information content (AvgIpc) is 2.50. The van der Waals surface area contributed by atoms with Crippen LogP contribution in [0.15, 0.2) is 18.3 Å². The van der Waals surface area contributed by atoms with Gasteiger partial charge in [-0.05, 0) is 25.5 Å². The number of nitrogens with zero attached hydrogens (tertiary/aromatic N) is 2. The Morgan fingerprint density at radius 2 is 2.11 bits per heavy atom. The van der Waals surface area contributed by atoms with Crippen LogP contribution in [0.25, 0.3) is 0 Å². The molecule has 0 spiro atoms. The maximum absolute atomic E-state index is 11.5. The second-order valence-corrected chi connectivity index (χ2v) is 6.91. The van der Waals surface area contributed by atoms with Gasteiger partial charge >= 0.3 is 0 Å². The molecule has 2 heterocycles.